The number of carbonyl (C=O) groups excluding carboxylic acids is 3. The summed E-state index contributed by atoms with van der Waals surface area (Å²) in [7, 11) is 0. The van der Waals surface area contributed by atoms with Gasteiger partial charge in [0, 0.05) is 41.2 Å². The molecule has 1 aromatic carbocycles. The normalized spacial score (nSPS) is 10.4. The van der Waals surface area contributed by atoms with Gasteiger partial charge in [0.1, 0.15) is 0 Å². The van der Waals surface area contributed by atoms with Crippen LogP contribution in [-0.2, 0) is 9.59 Å². The number of benzene rings is 1. The third kappa shape index (κ3) is 6.33. The minimum atomic E-state index is -0.120. The number of hydrogen-bond acceptors (Lipinski definition) is 4. The van der Waals surface area contributed by atoms with Gasteiger partial charge < -0.3 is 16.0 Å². The van der Waals surface area contributed by atoms with Gasteiger partial charge in [0.25, 0.3) is 5.91 Å². The van der Waals surface area contributed by atoms with Crippen LogP contribution in [0.5, 0.6) is 0 Å². The second-order valence-electron chi connectivity index (χ2n) is 6.14. The molecule has 0 radical (unpaired) electrons. The lowest BCUT2D eigenvalue weighted by molar-refractivity contribution is -0.119. The Morgan fingerprint density at radius 2 is 1.65 bits per heavy atom. The molecule has 0 spiro atoms. The van der Waals surface area contributed by atoms with E-state index in [1.807, 2.05) is 19.2 Å². The third-order valence-electron chi connectivity index (χ3n) is 3.61. The molecule has 0 saturated carbocycles. The van der Waals surface area contributed by atoms with E-state index in [0.29, 0.717) is 36.3 Å². The molecule has 26 heavy (non-hydrogen) atoms. The highest BCUT2D eigenvalue weighted by Crippen LogP contribution is 2.15. The maximum atomic E-state index is 11.9. The molecule has 7 heteroatoms. The summed E-state index contributed by atoms with van der Waals surface area (Å²) in [5.74, 6) is -0.375. The molecule has 0 aliphatic carbocycles. The van der Waals surface area contributed by atoms with Gasteiger partial charge >= 0.3 is 0 Å². The Balaban J connectivity index is 1.69. The van der Waals surface area contributed by atoms with E-state index in [4.69, 9.17) is 0 Å². The Kier molecular flexibility index (Phi) is 7.35. The van der Waals surface area contributed by atoms with Crippen molar-refractivity contribution in [1.29, 1.82) is 0 Å². The van der Waals surface area contributed by atoms with Crippen LogP contribution in [0.1, 0.15) is 37.0 Å². The second kappa shape index (κ2) is 9.72. The zero-order valence-electron chi connectivity index (χ0n) is 14.9. The maximum absolute atomic E-state index is 11.9. The first kappa shape index (κ1) is 19.7. The Labute approximate surface area is 157 Å². The van der Waals surface area contributed by atoms with Crippen LogP contribution in [-0.4, -0.2) is 24.3 Å². The molecule has 2 aromatic rings. The average Bonchev–Trinajstić information content (AvgIpc) is 3.15. The minimum absolute atomic E-state index is 0.0497. The van der Waals surface area contributed by atoms with Crippen molar-refractivity contribution in [2.75, 3.05) is 17.2 Å². The number of amides is 3. The molecule has 2 rings (SSSR count). The number of hydrogen-bond donors (Lipinski definition) is 3. The summed E-state index contributed by atoms with van der Waals surface area (Å²) in [4.78, 5) is 35.3. The average molecular weight is 373 g/mol. The van der Waals surface area contributed by atoms with Crippen molar-refractivity contribution in [1.82, 2.24) is 5.32 Å². The zero-order valence-corrected chi connectivity index (χ0v) is 15.7. The van der Waals surface area contributed by atoms with Crippen molar-refractivity contribution in [2.45, 2.75) is 26.7 Å². The van der Waals surface area contributed by atoms with Gasteiger partial charge in [-0.05, 0) is 42.1 Å². The van der Waals surface area contributed by atoms with Gasteiger partial charge in [-0.3, -0.25) is 14.4 Å². The fourth-order valence-corrected chi connectivity index (χ4v) is 2.73. The van der Waals surface area contributed by atoms with E-state index in [2.05, 4.69) is 16.0 Å². The highest BCUT2D eigenvalue weighted by molar-refractivity contribution is 7.08. The van der Waals surface area contributed by atoms with Crippen LogP contribution in [0.3, 0.4) is 0 Å². The van der Waals surface area contributed by atoms with Gasteiger partial charge in [-0.2, -0.15) is 11.3 Å². The molecule has 1 heterocycles. The van der Waals surface area contributed by atoms with Crippen molar-refractivity contribution in [3.8, 4) is 0 Å². The highest BCUT2D eigenvalue weighted by atomic mass is 32.1. The van der Waals surface area contributed by atoms with Gasteiger partial charge in [0.05, 0.1) is 0 Å². The predicted octanol–water partition coefficient (Wildman–Crippen LogP) is 3.49. The Hall–Kier alpha value is -2.67. The SMILES string of the molecule is CC(C)C(=O)Nc1ccc(NC(=O)CCCNC(=O)c2ccsc2)cc1. The lowest BCUT2D eigenvalue weighted by atomic mass is 10.2. The lowest BCUT2D eigenvalue weighted by Crippen LogP contribution is -2.25. The van der Waals surface area contributed by atoms with Crippen molar-refractivity contribution in [2.24, 2.45) is 5.92 Å². The van der Waals surface area contributed by atoms with Crippen molar-refractivity contribution in [3.05, 3.63) is 46.7 Å². The first-order valence-electron chi connectivity index (χ1n) is 8.47. The highest BCUT2D eigenvalue weighted by Gasteiger charge is 2.08. The third-order valence-corrected chi connectivity index (χ3v) is 4.29. The lowest BCUT2D eigenvalue weighted by Gasteiger charge is -2.09. The van der Waals surface area contributed by atoms with E-state index in [0.717, 1.165) is 0 Å². The van der Waals surface area contributed by atoms with Crippen LogP contribution >= 0.6 is 11.3 Å². The van der Waals surface area contributed by atoms with Crippen LogP contribution in [0.25, 0.3) is 0 Å². The molecule has 0 fully saturated rings. The molecule has 3 amide bonds. The van der Waals surface area contributed by atoms with Crippen LogP contribution in [0.15, 0.2) is 41.1 Å². The topological polar surface area (TPSA) is 87.3 Å². The first-order valence-corrected chi connectivity index (χ1v) is 9.41. The zero-order chi connectivity index (χ0) is 18.9. The van der Waals surface area contributed by atoms with Crippen LogP contribution in [0, 0.1) is 5.92 Å². The van der Waals surface area contributed by atoms with E-state index >= 15 is 0 Å². The summed E-state index contributed by atoms with van der Waals surface area (Å²) in [6.45, 7) is 4.10. The molecule has 3 N–H and O–H groups in total. The molecule has 138 valence electrons. The number of thiophene rings is 1. The van der Waals surface area contributed by atoms with E-state index in [1.54, 1.807) is 35.7 Å². The van der Waals surface area contributed by atoms with Gasteiger partial charge in [0.2, 0.25) is 11.8 Å². The van der Waals surface area contributed by atoms with Gasteiger partial charge in [-0.25, -0.2) is 0 Å². The molecule has 6 nitrogen and oxygen atoms in total. The Morgan fingerprint density at radius 1 is 1.00 bits per heavy atom. The summed E-state index contributed by atoms with van der Waals surface area (Å²) in [6.07, 6.45) is 0.875. The fraction of sp³-hybridized carbons (Fsp3) is 0.316. The first-order chi connectivity index (χ1) is 12.5. The maximum Gasteiger partial charge on any atom is 0.252 e. The van der Waals surface area contributed by atoms with E-state index in [-0.39, 0.29) is 23.6 Å². The molecule has 0 atom stereocenters. The quantitative estimate of drug-likeness (QED) is 0.619. The Bertz CT molecular complexity index is 740. The van der Waals surface area contributed by atoms with E-state index < -0.39 is 0 Å². The summed E-state index contributed by atoms with van der Waals surface area (Å²) < 4.78 is 0. The summed E-state index contributed by atoms with van der Waals surface area (Å²) in [6, 6.07) is 8.74. The van der Waals surface area contributed by atoms with Crippen molar-refractivity contribution >= 4 is 40.4 Å². The molecule has 0 aliphatic heterocycles. The number of nitrogens with one attached hydrogen (secondary N) is 3. The molecular weight excluding hydrogens is 350 g/mol. The molecule has 0 bridgehead atoms. The molecule has 0 unspecified atom stereocenters. The van der Waals surface area contributed by atoms with Gasteiger partial charge in [-0.15, -0.1) is 0 Å². The summed E-state index contributed by atoms with van der Waals surface area (Å²) >= 11 is 1.47. The summed E-state index contributed by atoms with van der Waals surface area (Å²) in [5.41, 5.74) is 2.00. The minimum Gasteiger partial charge on any atom is -0.352 e. The fourth-order valence-electron chi connectivity index (χ4n) is 2.09. The summed E-state index contributed by atoms with van der Waals surface area (Å²) in [5, 5.41) is 12.0. The smallest absolute Gasteiger partial charge is 0.252 e. The Morgan fingerprint density at radius 3 is 2.23 bits per heavy atom. The molecule has 0 aliphatic rings. The van der Waals surface area contributed by atoms with Crippen LogP contribution in [0.4, 0.5) is 11.4 Å². The van der Waals surface area contributed by atoms with Crippen LogP contribution < -0.4 is 16.0 Å². The van der Waals surface area contributed by atoms with Crippen molar-refractivity contribution < 1.29 is 14.4 Å². The van der Waals surface area contributed by atoms with Gasteiger partial charge in [0.15, 0.2) is 0 Å². The molecule has 1 aromatic heterocycles. The van der Waals surface area contributed by atoms with E-state index in [9.17, 15) is 14.4 Å². The van der Waals surface area contributed by atoms with Crippen molar-refractivity contribution in [3.63, 3.8) is 0 Å². The number of anilines is 2. The monoisotopic (exact) mass is 373 g/mol. The van der Waals surface area contributed by atoms with Gasteiger partial charge in [-0.1, -0.05) is 13.8 Å². The van der Waals surface area contributed by atoms with Crippen LogP contribution in [0.2, 0.25) is 0 Å². The van der Waals surface area contributed by atoms with E-state index in [1.165, 1.54) is 11.3 Å². The number of rotatable bonds is 8. The molecular formula is C19H23N3O3S. The molecule has 0 saturated heterocycles. The largest absolute Gasteiger partial charge is 0.352 e. The number of carbonyl (C=O) groups is 3. The second-order valence-corrected chi connectivity index (χ2v) is 6.92. The predicted molar refractivity (Wildman–Crippen MR) is 104 cm³/mol. The standard InChI is InChI=1S/C19H23N3O3S/c1-13(2)18(24)22-16-7-5-15(6-8-16)21-17(23)4-3-10-20-19(25)14-9-11-26-12-14/h5-9,11-13H,3-4,10H2,1-2H3,(H,20,25)(H,21,23)(H,22,24).